The predicted octanol–water partition coefficient (Wildman–Crippen LogP) is 0.777. The van der Waals surface area contributed by atoms with E-state index >= 15 is 0 Å². The lowest BCUT2D eigenvalue weighted by molar-refractivity contribution is -0.119. The molecule has 0 heterocycles. The molecule has 0 aromatic rings. The predicted molar refractivity (Wildman–Crippen MR) is 53.6 cm³/mol. The molecule has 1 unspecified atom stereocenters. The van der Waals surface area contributed by atoms with Crippen molar-refractivity contribution < 1.29 is 13.7 Å². The van der Waals surface area contributed by atoms with E-state index in [1.54, 1.807) is 0 Å². The van der Waals surface area contributed by atoms with Gasteiger partial charge in [-0.25, -0.2) is 0 Å². The van der Waals surface area contributed by atoms with Crippen molar-refractivity contribution >= 4 is 18.8 Å². The zero-order chi connectivity index (χ0) is 10.3. The number of ether oxygens (including phenoxy) is 1. The second kappa shape index (κ2) is 7.17. The molecule has 0 aliphatic rings. The van der Waals surface area contributed by atoms with Crippen molar-refractivity contribution in [2.75, 3.05) is 13.2 Å². The minimum Gasteiger partial charge on any atom is -0.376 e. The van der Waals surface area contributed by atoms with Crippen LogP contribution in [0.5, 0.6) is 0 Å². The van der Waals surface area contributed by atoms with E-state index in [9.17, 15) is 4.79 Å². The molecule has 0 rings (SSSR count). The van der Waals surface area contributed by atoms with E-state index in [2.05, 4.69) is 18.2 Å². The van der Waals surface area contributed by atoms with E-state index in [1.165, 1.54) is 6.92 Å². The van der Waals surface area contributed by atoms with Gasteiger partial charge in [0.1, 0.15) is 6.10 Å². The summed E-state index contributed by atoms with van der Waals surface area (Å²) in [7, 11) is 0. The van der Waals surface area contributed by atoms with Gasteiger partial charge in [-0.15, -0.1) is 0 Å². The van der Waals surface area contributed by atoms with Crippen molar-refractivity contribution in [3.63, 3.8) is 0 Å². The number of rotatable bonds is 6. The van der Waals surface area contributed by atoms with Crippen molar-refractivity contribution in [1.82, 2.24) is 5.32 Å². The van der Waals surface area contributed by atoms with Crippen LogP contribution in [0.4, 0.5) is 0 Å². The summed E-state index contributed by atoms with van der Waals surface area (Å²) in [5.74, 6) is -0.0834. The minimum absolute atomic E-state index is 0.0834. The van der Waals surface area contributed by atoms with E-state index in [4.69, 9.17) is 8.92 Å². The summed E-state index contributed by atoms with van der Waals surface area (Å²) >= 11 is 3.69. The Hall–Kier alpha value is -0.260. The Balaban J connectivity index is 3.57. The third-order valence-electron chi connectivity index (χ3n) is 1.34. The SMILES string of the molecule is CC(=O)NCC(COC(C)C)OS. The Morgan fingerprint density at radius 2 is 2.15 bits per heavy atom. The van der Waals surface area contributed by atoms with Gasteiger partial charge in [0, 0.05) is 13.5 Å². The summed E-state index contributed by atoms with van der Waals surface area (Å²) in [6.45, 7) is 6.19. The van der Waals surface area contributed by atoms with Gasteiger partial charge in [0.2, 0.25) is 5.91 Å². The maximum atomic E-state index is 10.6. The molecule has 0 aliphatic carbocycles. The summed E-state index contributed by atoms with van der Waals surface area (Å²) in [5.41, 5.74) is 0. The minimum atomic E-state index is -0.199. The maximum absolute atomic E-state index is 10.6. The Bertz CT molecular complexity index is 152. The average Bonchev–Trinajstić information content (AvgIpc) is 2.04. The normalized spacial score (nSPS) is 13.0. The monoisotopic (exact) mass is 207 g/mol. The quantitative estimate of drug-likeness (QED) is 0.500. The highest BCUT2D eigenvalue weighted by molar-refractivity contribution is 7.75. The zero-order valence-corrected chi connectivity index (χ0v) is 9.14. The molecular formula is C8H17NO3S. The summed E-state index contributed by atoms with van der Waals surface area (Å²) < 4.78 is 10.1. The Kier molecular flexibility index (Phi) is 7.03. The number of carbonyl (C=O) groups excluding carboxylic acids is 1. The smallest absolute Gasteiger partial charge is 0.216 e. The topological polar surface area (TPSA) is 47.6 Å². The number of amides is 1. The fourth-order valence-corrected chi connectivity index (χ4v) is 0.819. The molecule has 0 aliphatic heterocycles. The van der Waals surface area contributed by atoms with Gasteiger partial charge in [-0.1, -0.05) is 0 Å². The summed E-state index contributed by atoms with van der Waals surface area (Å²) in [6.07, 6.45) is -0.0436. The molecule has 0 radical (unpaired) electrons. The van der Waals surface area contributed by atoms with Crippen LogP contribution in [0.25, 0.3) is 0 Å². The van der Waals surface area contributed by atoms with Gasteiger partial charge in [-0.05, 0) is 26.8 Å². The molecule has 1 amide bonds. The van der Waals surface area contributed by atoms with Crippen LogP contribution in [0.15, 0.2) is 0 Å². The maximum Gasteiger partial charge on any atom is 0.216 e. The third-order valence-corrected chi connectivity index (χ3v) is 1.64. The van der Waals surface area contributed by atoms with Gasteiger partial charge in [0.15, 0.2) is 0 Å². The highest BCUT2D eigenvalue weighted by Crippen LogP contribution is 1.97. The first-order chi connectivity index (χ1) is 6.06. The van der Waals surface area contributed by atoms with Crippen LogP contribution in [-0.2, 0) is 13.7 Å². The van der Waals surface area contributed by atoms with Gasteiger partial charge >= 0.3 is 0 Å². The summed E-state index contributed by atoms with van der Waals surface area (Å²) in [5, 5.41) is 2.63. The van der Waals surface area contributed by atoms with E-state index in [-0.39, 0.29) is 18.1 Å². The van der Waals surface area contributed by atoms with Gasteiger partial charge in [0.25, 0.3) is 0 Å². The first-order valence-corrected chi connectivity index (χ1v) is 4.59. The lowest BCUT2D eigenvalue weighted by Gasteiger charge is -2.16. The highest BCUT2D eigenvalue weighted by Gasteiger charge is 2.09. The van der Waals surface area contributed by atoms with Gasteiger partial charge in [-0.3, -0.25) is 4.79 Å². The lowest BCUT2D eigenvalue weighted by atomic mass is 10.3. The fraction of sp³-hybridized carbons (Fsp3) is 0.875. The van der Waals surface area contributed by atoms with Crippen LogP contribution in [0.2, 0.25) is 0 Å². The standard InChI is InChI=1S/C8H17NO3S/c1-6(2)11-5-8(12-13)4-9-7(3)10/h6,8,13H,4-5H2,1-3H3,(H,9,10). The third kappa shape index (κ3) is 8.08. The van der Waals surface area contributed by atoms with Crippen molar-refractivity contribution in [2.45, 2.75) is 33.0 Å². The second-order valence-corrected chi connectivity index (χ2v) is 3.26. The van der Waals surface area contributed by atoms with Crippen molar-refractivity contribution in [1.29, 1.82) is 0 Å². The van der Waals surface area contributed by atoms with Crippen molar-refractivity contribution in [3.05, 3.63) is 0 Å². The van der Waals surface area contributed by atoms with Crippen molar-refractivity contribution in [2.24, 2.45) is 0 Å². The van der Waals surface area contributed by atoms with Gasteiger partial charge < -0.3 is 14.2 Å². The first-order valence-electron chi connectivity index (χ1n) is 4.22. The Morgan fingerprint density at radius 1 is 1.54 bits per heavy atom. The lowest BCUT2D eigenvalue weighted by Crippen LogP contribution is -2.34. The second-order valence-electron chi connectivity index (χ2n) is 3.05. The molecule has 0 saturated heterocycles. The molecule has 1 atom stereocenters. The molecule has 0 spiro atoms. The number of hydrogen-bond acceptors (Lipinski definition) is 4. The average molecular weight is 207 g/mol. The van der Waals surface area contributed by atoms with Crippen molar-refractivity contribution in [3.8, 4) is 0 Å². The first kappa shape index (κ1) is 12.7. The van der Waals surface area contributed by atoms with Gasteiger partial charge in [0.05, 0.1) is 12.7 Å². The molecular weight excluding hydrogens is 190 g/mol. The Labute approximate surface area is 84.6 Å². The zero-order valence-electron chi connectivity index (χ0n) is 8.24. The molecule has 5 heteroatoms. The van der Waals surface area contributed by atoms with Crippen LogP contribution in [0.3, 0.4) is 0 Å². The fourth-order valence-electron chi connectivity index (χ4n) is 0.684. The molecule has 13 heavy (non-hydrogen) atoms. The van der Waals surface area contributed by atoms with Crippen LogP contribution in [0, 0.1) is 0 Å². The number of carbonyl (C=O) groups is 1. The Morgan fingerprint density at radius 3 is 2.54 bits per heavy atom. The van der Waals surface area contributed by atoms with E-state index in [0.29, 0.717) is 13.2 Å². The summed E-state index contributed by atoms with van der Waals surface area (Å²) in [6, 6.07) is 0. The molecule has 0 aromatic heterocycles. The highest BCUT2D eigenvalue weighted by atomic mass is 32.1. The van der Waals surface area contributed by atoms with E-state index < -0.39 is 0 Å². The number of nitrogens with one attached hydrogen (secondary N) is 1. The molecule has 78 valence electrons. The van der Waals surface area contributed by atoms with Crippen LogP contribution < -0.4 is 5.32 Å². The molecule has 1 N–H and O–H groups in total. The summed E-state index contributed by atoms with van der Waals surface area (Å²) in [4.78, 5) is 10.6. The molecule has 0 bridgehead atoms. The molecule has 0 aromatic carbocycles. The van der Waals surface area contributed by atoms with E-state index in [1.807, 2.05) is 13.8 Å². The van der Waals surface area contributed by atoms with E-state index in [0.717, 1.165) is 0 Å². The molecule has 0 saturated carbocycles. The number of thiol groups is 1. The van der Waals surface area contributed by atoms with Crippen LogP contribution in [0.1, 0.15) is 20.8 Å². The molecule has 4 nitrogen and oxygen atoms in total. The van der Waals surface area contributed by atoms with Crippen LogP contribution >= 0.6 is 12.9 Å². The number of hydrogen-bond donors (Lipinski definition) is 2. The van der Waals surface area contributed by atoms with Crippen LogP contribution in [-0.4, -0.2) is 31.3 Å². The molecule has 0 fully saturated rings. The van der Waals surface area contributed by atoms with Gasteiger partial charge in [-0.2, -0.15) is 0 Å². The largest absolute Gasteiger partial charge is 0.376 e.